The Hall–Kier alpha value is -3.48. The van der Waals surface area contributed by atoms with Crippen LogP contribution in [-0.2, 0) is 32.0 Å². The lowest BCUT2D eigenvalue weighted by Crippen LogP contribution is -2.40. The molecule has 0 saturated heterocycles. The molecule has 0 fully saturated rings. The number of thiophene rings is 1. The summed E-state index contributed by atoms with van der Waals surface area (Å²) in [6.45, 7) is 16.5. The Kier molecular flexibility index (Phi) is 10.4. The second-order valence-electron chi connectivity index (χ2n) is 12.5. The lowest BCUT2D eigenvalue weighted by molar-refractivity contribution is -0.116. The number of para-hydroxylation sites is 1. The van der Waals surface area contributed by atoms with Gasteiger partial charge in [0, 0.05) is 49.2 Å². The predicted octanol–water partition coefficient (Wildman–Crippen LogP) is 7.17. The summed E-state index contributed by atoms with van der Waals surface area (Å²) in [5.74, 6) is -0.243. The summed E-state index contributed by atoms with van der Waals surface area (Å²) >= 11 is 3.00. The number of nitrogens with zero attached hydrogens (tertiary/aromatic N) is 3. The van der Waals surface area contributed by atoms with Crippen LogP contribution in [0, 0.1) is 0 Å². The van der Waals surface area contributed by atoms with E-state index in [1.54, 1.807) is 50.2 Å². The molecular weight excluding hydrogens is 601 g/mol. The molecule has 3 heterocycles. The minimum atomic E-state index is -0.661. The van der Waals surface area contributed by atoms with Crippen molar-refractivity contribution in [3.05, 3.63) is 40.8 Å². The minimum absolute atomic E-state index is 0.0649. The number of aromatic nitrogens is 1. The fraction of sp³-hybridized carbons (Fsp3) is 0.500. The van der Waals surface area contributed by atoms with Crippen molar-refractivity contribution in [2.24, 2.45) is 0 Å². The van der Waals surface area contributed by atoms with Crippen LogP contribution >= 0.6 is 22.7 Å². The van der Waals surface area contributed by atoms with Crippen LogP contribution in [-0.4, -0.2) is 77.4 Å². The zero-order valence-electron chi connectivity index (χ0n) is 26.6. The summed E-state index contributed by atoms with van der Waals surface area (Å²) in [6.07, 6.45) is 1.59. The first-order valence-corrected chi connectivity index (χ1v) is 16.2. The average Bonchev–Trinajstić information content (AvgIpc) is 3.51. The van der Waals surface area contributed by atoms with Gasteiger partial charge in [0.05, 0.1) is 23.4 Å². The molecule has 0 saturated carbocycles. The first-order chi connectivity index (χ1) is 20.7. The van der Waals surface area contributed by atoms with Crippen LogP contribution in [0.15, 0.2) is 24.8 Å². The van der Waals surface area contributed by atoms with Gasteiger partial charge in [-0.25, -0.2) is 14.6 Å². The van der Waals surface area contributed by atoms with Gasteiger partial charge in [-0.05, 0) is 59.6 Å². The minimum Gasteiger partial charge on any atom is -0.444 e. The average molecular weight is 643 g/mol. The maximum atomic E-state index is 13.4. The second kappa shape index (κ2) is 13.7. The molecule has 2 aromatic heterocycles. The van der Waals surface area contributed by atoms with Crippen molar-refractivity contribution in [1.82, 2.24) is 14.8 Å². The molecule has 0 aliphatic carbocycles. The van der Waals surface area contributed by atoms with Crippen molar-refractivity contribution in [3.63, 3.8) is 0 Å². The number of fused-ring (bicyclic) bond motifs is 2. The Morgan fingerprint density at radius 1 is 1.09 bits per heavy atom. The second-order valence-corrected chi connectivity index (χ2v) is 14.7. The number of benzene rings is 1. The van der Waals surface area contributed by atoms with Gasteiger partial charge in [0.2, 0.25) is 5.91 Å². The summed E-state index contributed by atoms with van der Waals surface area (Å²) in [5, 5.41) is 4.57. The van der Waals surface area contributed by atoms with E-state index in [2.05, 4.69) is 11.9 Å². The standard InChI is InChI=1S/C32H42N4O6S2/c1-9-20-11-10-12-22-26(20)34-28(43-22)25-21-13-15-36(30(39)42-32(5,6)7)19-23(21)44-27(25)33-24(37)14-16-35(17-18-40-8)29(38)41-31(2,3)4/h9-12H,1,13-19H2,2-8H3,(H,33,37). The number of anilines is 1. The van der Waals surface area contributed by atoms with E-state index in [1.807, 2.05) is 39.0 Å². The van der Waals surface area contributed by atoms with Gasteiger partial charge in [-0.15, -0.1) is 22.7 Å². The number of methoxy groups -OCH3 is 1. The van der Waals surface area contributed by atoms with E-state index < -0.39 is 17.3 Å². The summed E-state index contributed by atoms with van der Waals surface area (Å²) in [7, 11) is 1.56. The molecule has 1 aromatic carbocycles. The summed E-state index contributed by atoms with van der Waals surface area (Å²) < 4.78 is 17.3. The molecule has 3 aromatic rings. The normalized spacial score (nSPS) is 13.4. The first-order valence-electron chi connectivity index (χ1n) is 14.6. The fourth-order valence-corrected chi connectivity index (χ4v) is 7.11. The van der Waals surface area contributed by atoms with Crippen LogP contribution in [0.3, 0.4) is 0 Å². The van der Waals surface area contributed by atoms with E-state index >= 15 is 0 Å². The first kappa shape index (κ1) is 33.4. The van der Waals surface area contributed by atoms with Crippen molar-refractivity contribution in [3.8, 4) is 10.6 Å². The van der Waals surface area contributed by atoms with Crippen molar-refractivity contribution < 1.29 is 28.6 Å². The largest absolute Gasteiger partial charge is 0.444 e. The predicted molar refractivity (Wildman–Crippen MR) is 176 cm³/mol. The number of amides is 3. The van der Waals surface area contributed by atoms with Gasteiger partial charge in [0.15, 0.2) is 0 Å². The quantitative estimate of drug-likeness (QED) is 0.263. The molecule has 0 spiro atoms. The Morgan fingerprint density at radius 2 is 1.82 bits per heavy atom. The number of ether oxygens (including phenoxy) is 3. The van der Waals surface area contributed by atoms with Gasteiger partial charge in [0.1, 0.15) is 21.2 Å². The van der Waals surface area contributed by atoms with E-state index in [0.29, 0.717) is 37.7 Å². The van der Waals surface area contributed by atoms with Gasteiger partial charge in [-0.1, -0.05) is 24.8 Å². The van der Waals surface area contributed by atoms with Gasteiger partial charge >= 0.3 is 12.2 Å². The summed E-state index contributed by atoms with van der Waals surface area (Å²) in [6, 6.07) is 5.98. The number of carbonyl (C=O) groups excluding carboxylic acids is 3. The Morgan fingerprint density at radius 3 is 2.48 bits per heavy atom. The molecule has 0 atom stereocenters. The number of hydrogen-bond acceptors (Lipinski definition) is 9. The monoisotopic (exact) mass is 642 g/mol. The third-order valence-electron chi connectivity index (χ3n) is 6.67. The van der Waals surface area contributed by atoms with Gasteiger partial charge in [-0.2, -0.15) is 0 Å². The maximum absolute atomic E-state index is 13.4. The topological polar surface area (TPSA) is 110 Å². The van der Waals surface area contributed by atoms with E-state index in [4.69, 9.17) is 19.2 Å². The zero-order chi connectivity index (χ0) is 32.2. The Balaban J connectivity index is 1.62. The highest BCUT2D eigenvalue weighted by Crippen LogP contribution is 2.46. The summed E-state index contributed by atoms with van der Waals surface area (Å²) in [5.41, 5.74) is 2.48. The molecule has 238 valence electrons. The Labute approximate surface area is 267 Å². The van der Waals surface area contributed by atoms with Gasteiger partial charge < -0.3 is 29.3 Å². The number of hydrogen-bond donors (Lipinski definition) is 1. The van der Waals surface area contributed by atoms with Gasteiger partial charge in [-0.3, -0.25) is 4.79 Å². The highest BCUT2D eigenvalue weighted by molar-refractivity contribution is 7.23. The van der Waals surface area contributed by atoms with Crippen LogP contribution in [0.1, 0.15) is 64.0 Å². The van der Waals surface area contributed by atoms with E-state index in [1.165, 1.54) is 16.2 Å². The van der Waals surface area contributed by atoms with Crippen LogP contribution in [0.25, 0.3) is 26.9 Å². The van der Waals surface area contributed by atoms with E-state index in [9.17, 15) is 14.4 Å². The lowest BCUT2D eigenvalue weighted by atomic mass is 10.0. The highest BCUT2D eigenvalue weighted by Gasteiger charge is 2.32. The van der Waals surface area contributed by atoms with Crippen molar-refractivity contribution in [2.75, 3.05) is 38.7 Å². The molecule has 12 heteroatoms. The van der Waals surface area contributed by atoms with Crippen molar-refractivity contribution in [1.29, 1.82) is 0 Å². The molecule has 1 aliphatic heterocycles. The van der Waals surface area contributed by atoms with Crippen molar-refractivity contribution >= 4 is 62.1 Å². The molecule has 10 nitrogen and oxygen atoms in total. The molecule has 1 N–H and O–H groups in total. The van der Waals surface area contributed by atoms with Crippen LogP contribution in [0.2, 0.25) is 0 Å². The lowest BCUT2D eigenvalue weighted by Gasteiger charge is -2.30. The molecule has 0 bridgehead atoms. The van der Waals surface area contributed by atoms with Crippen LogP contribution in [0.5, 0.6) is 0 Å². The molecule has 3 amide bonds. The maximum Gasteiger partial charge on any atom is 0.410 e. The number of rotatable bonds is 9. The molecular formula is C32H42N4O6S2. The molecule has 1 aliphatic rings. The zero-order valence-corrected chi connectivity index (χ0v) is 28.2. The third-order valence-corrected chi connectivity index (χ3v) is 8.84. The Bertz CT molecular complexity index is 1530. The van der Waals surface area contributed by atoms with E-state index in [-0.39, 0.29) is 25.0 Å². The number of thiazole rings is 1. The SMILES string of the molecule is C=Cc1cccc2sc(-c3c(NC(=O)CCN(CCOC)C(=O)OC(C)(C)C)sc4c3CCN(C(=O)OC(C)(C)C)C4)nc12. The third kappa shape index (κ3) is 8.36. The highest BCUT2D eigenvalue weighted by atomic mass is 32.1. The molecule has 4 rings (SSSR count). The number of nitrogens with one attached hydrogen (secondary N) is 1. The number of carbonyl (C=O) groups is 3. The molecule has 44 heavy (non-hydrogen) atoms. The molecule has 0 unspecified atom stereocenters. The van der Waals surface area contributed by atoms with Crippen molar-refractivity contribution in [2.45, 2.75) is 72.1 Å². The van der Waals surface area contributed by atoms with Gasteiger partial charge in [0.25, 0.3) is 0 Å². The summed E-state index contributed by atoms with van der Waals surface area (Å²) in [4.78, 5) is 48.2. The van der Waals surface area contributed by atoms with Crippen LogP contribution in [0.4, 0.5) is 14.6 Å². The van der Waals surface area contributed by atoms with E-state index in [0.717, 1.165) is 36.8 Å². The fourth-order valence-electron chi connectivity index (χ4n) is 4.69. The molecule has 0 radical (unpaired) electrons. The smallest absolute Gasteiger partial charge is 0.410 e. The van der Waals surface area contributed by atoms with Crippen LogP contribution < -0.4 is 5.32 Å².